The lowest BCUT2D eigenvalue weighted by Crippen LogP contribution is -2.10. The number of nitrogens with two attached hydrogens (primary N) is 1. The highest BCUT2D eigenvalue weighted by atomic mass is 32.1. The average molecular weight is 262 g/mol. The van der Waals surface area contributed by atoms with Crippen molar-refractivity contribution in [2.45, 2.75) is 0 Å². The third-order valence-electron chi connectivity index (χ3n) is 2.36. The van der Waals surface area contributed by atoms with Crippen LogP contribution in [0.2, 0.25) is 0 Å². The summed E-state index contributed by atoms with van der Waals surface area (Å²) in [7, 11) is 1.31. The molecule has 2 N–H and O–H groups in total. The summed E-state index contributed by atoms with van der Waals surface area (Å²) in [6, 6.07) is 8.43. The fourth-order valence-electron chi connectivity index (χ4n) is 1.41. The number of primary amides is 1. The van der Waals surface area contributed by atoms with Crippen LogP contribution in [-0.4, -0.2) is 23.4 Å². The van der Waals surface area contributed by atoms with Crippen LogP contribution in [0.4, 0.5) is 0 Å². The zero-order valence-corrected chi connectivity index (χ0v) is 10.4. The largest absolute Gasteiger partial charge is 0.464 e. The summed E-state index contributed by atoms with van der Waals surface area (Å²) < 4.78 is 8.58. The first-order chi connectivity index (χ1) is 8.61. The smallest absolute Gasteiger partial charge is 0.357 e. The Morgan fingerprint density at radius 3 is 2.50 bits per heavy atom. The minimum atomic E-state index is -0.471. The Labute approximate surface area is 107 Å². The van der Waals surface area contributed by atoms with Gasteiger partial charge in [-0.1, -0.05) is 12.1 Å². The zero-order chi connectivity index (χ0) is 13.1. The van der Waals surface area contributed by atoms with Crippen molar-refractivity contribution in [3.05, 3.63) is 41.6 Å². The second-order valence-corrected chi connectivity index (χ2v) is 4.31. The van der Waals surface area contributed by atoms with Gasteiger partial charge in [0.2, 0.25) is 5.91 Å². The molecule has 18 heavy (non-hydrogen) atoms. The van der Waals surface area contributed by atoms with Crippen molar-refractivity contribution in [1.29, 1.82) is 0 Å². The molecule has 0 bridgehead atoms. The molecule has 0 aliphatic rings. The van der Waals surface area contributed by atoms with Gasteiger partial charge >= 0.3 is 5.97 Å². The first kappa shape index (κ1) is 12.3. The number of hydrogen-bond donors (Lipinski definition) is 1. The maximum atomic E-state index is 11.3. The molecule has 2 aromatic rings. The minimum Gasteiger partial charge on any atom is -0.464 e. The molecule has 5 nitrogen and oxygen atoms in total. The summed E-state index contributed by atoms with van der Waals surface area (Å²) in [5.41, 5.74) is 6.74. The lowest BCUT2D eigenvalue weighted by molar-refractivity contribution is 0.0595. The van der Waals surface area contributed by atoms with Crippen molar-refractivity contribution in [3.8, 4) is 10.4 Å². The maximum Gasteiger partial charge on any atom is 0.357 e. The molecule has 1 aromatic heterocycles. The van der Waals surface area contributed by atoms with E-state index in [9.17, 15) is 9.59 Å². The molecule has 6 heteroatoms. The quantitative estimate of drug-likeness (QED) is 0.853. The molecular formula is C12H10N2O3S. The molecule has 0 fully saturated rings. The Morgan fingerprint density at radius 1 is 1.28 bits per heavy atom. The second kappa shape index (κ2) is 4.97. The van der Waals surface area contributed by atoms with Crippen LogP contribution >= 0.6 is 11.5 Å². The highest BCUT2D eigenvalue weighted by Crippen LogP contribution is 2.25. The molecule has 0 saturated heterocycles. The molecule has 0 saturated carbocycles. The summed E-state index contributed by atoms with van der Waals surface area (Å²) in [4.78, 5) is 23.0. The molecule has 0 aliphatic carbocycles. The predicted octanol–water partition coefficient (Wildman–Crippen LogP) is 1.70. The SMILES string of the molecule is COC(=O)c1cc(-c2ccc(C(N)=O)cc2)sn1. The van der Waals surface area contributed by atoms with Gasteiger partial charge < -0.3 is 10.5 Å². The normalized spacial score (nSPS) is 10.1. The van der Waals surface area contributed by atoms with Crippen molar-refractivity contribution in [1.82, 2.24) is 4.37 Å². The number of ether oxygens (including phenoxy) is 1. The summed E-state index contributed by atoms with van der Waals surface area (Å²) in [6.07, 6.45) is 0. The number of benzene rings is 1. The van der Waals surface area contributed by atoms with Crippen LogP contribution in [0.15, 0.2) is 30.3 Å². The van der Waals surface area contributed by atoms with Gasteiger partial charge in [0.05, 0.1) is 12.0 Å². The van der Waals surface area contributed by atoms with E-state index in [0.29, 0.717) is 5.56 Å². The Morgan fingerprint density at radius 2 is 1.94 bits per heavy atom. The van der Waals surface area contributed by atoms with Crippen LogP contribution in [0.25, 0.3) is 10.4 Å². The van der Waals surface area contributed by atoms with E-state index in [1.165, 1.54) is 18.6 Å². The second-order valence-electron chi connectivity index (χ2n) is 3.51. The van der Waals surface area contributed by atoms with E-state index in [0.717, 1.165) is 10.4 Å². The molecule has 0 atom stereocenters. The van der Waals surface area contributed by atoms with Crippen molar-refractivity contribution < 1.29 is 14.3 Å². The van der Waals surface area contributed by atoms with E-state index >= 15 is 0 Å². The first-order valence-electron chi connectivity index (χ1n) is 5.07. The van der Waals surface area contributed by atoms with Crippen molar-refractivity contribution in [3.63, 3.8) is 0 Å². The minimum absolute atomic E-state index is 0.275. The molecule has 1 aromatic carbocycles. The van der Waals surface area contributed by atoms with Gasteiger partial charge in [-0.15, -0.1) is 0 Å². The van der Waals surface area contributed by atoms with Gasteiger partial charge in [-0.2, -0.15) is 4.37 Å². The summed E-state index contributed by atoms with van der Waals surface area (Å²) in [5.74, 6) is -0.938. The van der Waals surface area contributed by atoms with Gasteiger partial charge in [0.15, 0.2) is 5.69 Å². The number of methoxy groups -OCH3 is 1. The van der Waals surface area contributed by atoms with Crippen LogP contribution < -0.4 is 5.73 Å². The van der Waals surface area contributed by atoms with E-state index in [-0.39, 0.29) is 5.69 Å². The number of carbonyl (C=O) groups is 2. The molecule has 92 valence electrons. The molecule has 1 heterocycles. The van der Waals surface area contributed by atoms with Gasteiger partial charge in [0, 0.05) is 5.56 Å². The molecule has 2 rings (SSSR count). The average Bonchev–Trinajstić information content (AvgIpc) is 2.87. The standard InChI is InChI=1S/C12H10N2O3S/c1-17-12(16)9-6-10(18-14-9)7-2-4-8(5-3-7)11(13)15/h2-6H,1H3,(H2,13,15). The zero-order valence-electron chi connectivity index (χ0n) is 9.54. The lowest BCUT2D eigenvalue weighted by atomic mass is 10.1. The number of carbonyl (C=O) groups excluding carboxylic acids is 2. The summed E-state index contributed by atoms with van der Waals surface area (Å²) >= 11 is 1.19. The highest BCUT2D eigenvalue weighted by Gasteiger charge is 2.12. The number of esters is 1. The number of rotatable bonds is 3. The van der Waals surface area contributed by atoms with Gasteiger partial charge in [0.25, 0.3) is 0 Å². The van der Waals surface area contributed by atoms with Crippen LogP contribution in [0.3, 0.4) is 0 Å². The highest BCUT2D eigenvalue weighted by molar-refractivity contribution is 7.09. The molecule has 0 unspecified atom stereocenters. The monoisotopic (exact) mass is 262 g/mol. The van der Waals surface area contributed by atoms with E-state index < -0.39 is 11.9 Å². The van der Waals surface area contributed by atoms with E-state index in [1.807, 2.05) is 0 Å². The Balaban J connectivity index is 2.29. The Kier molecular flexibility index (Phi) is 3.38. The summed E-state index contributed by atoms with van der Waals surface area (Å²) in [5, 5.41) is 0. The number of hydrogen-bond acceptors (Lipinski definition) is 5. The summed E-state index contributed by atoms with van der Waals surface area (Å²) in [6.45, 7) is 0. The number of aromatic nitrogens is 1. The van der Waals surface area contributed by atoms with Gasteiger partial charge in [-0.3, -0.25) is 4.79 Å². The van der Waals surface area contributed by atoms with Crippen LogP contribution in [0.1, 0.15) is 20.8 Å². The van der Waals surface area contributed by atoms with Crippen LogP contribution in [0, 0.1) is 0 Å². The van der Waals surface area contributed by atoms with Crippen LogP contribution in [0.5, 0.6) is 0 Å². The van der Waals surface area contributed by atoms with Crippen LogP contribution in [-0.2, 0) is 4.74 Å². The van der Waals surface area contributed by atoms with Gasteiger partial charge in [0.1, 0.15) is 0 Å². The fraction of sp³-hybridized carbons (Fsp3) is 0.0833. The Hall–Kier alpha value is -2.21. The molecular weight excluding hydrogens is 252 g/mol. The van der Waals surface area contributed by atoms with Crippen molar-refractivity contribution in [2.75, 3.05) is 7.11 Å². The lowest BCUT2D eigenvalue weighted by Gasteiger charge is -1.98. The first-order valence-corrected chi connectivity index (χ1v) is 5.84. The number of amides is 1. The van der Waals surface area contributed by atoms with Gasteiger partial charge in [-0.05, 0) is 35.3 Å². The molecule has 0 spiro atoms. The topological polar surface area (TPSA) is 82.3 Å². The van der Waals surface area contributed by atoms with Crippen molar-refractivity contribution >= 4 is 23.4 Å². The van der Waals surface area contributed by atoms with E-state index in [4.69, 9.17) is 5.73 Å². The maximum absolute atomic E-state index is 11.3. The molecule has 1 amide bonds. The third kappa shape index (κ3) is 2.38. The van der Waals surface area contributed by atoms with E-state index in [1.54, 1.807) is 30.3 Å². The molecule has 0 radical (unpaired) electrons. The fourth-order valence-corrected chi connectivity index (χ4v) is 2.14. The Bertz CT molecular complexity index is 590. The van der Waals surface area contributed by atoms with Gasteiger partial charge in [-0.25, -0.2) is 4.79 Å². The van der Waals surface area contributed by atoms with Crippen molar-refractivity contribution in [2.24, 2.45) is 5.73 Å². The number of nitrogens with zero attached hydrogens (tertiary/aromatic N) is 1. The predicted molar refractivity (Wildman–Crippen MR) is 67.4 cm³/mol. The third-order valence-corrected chi connectivity index (χ3v) is 3.20. The molecule has 0 aliphatic heterocycles. The van der Waals surface area contributed by atoms with E-state index in [2.05, 4.69) is 9.11 Å².